The molecule has 0 amide bonds. The van der Waals surface area contributed by atoms with Gasteiger partial charge in [-0.25, -0.2) is 0 Å². The van der Waals surface area contributed by atoms with Crippen LogP contribution in [0.4, 0.5) is 5.69 Å². The Morgan fingerprint density at radius 3 is 2.53 bits per heavy atom. The highest BCUT2D eigenvalue weighted by atomic mass is 79.9. The molecular weight excluding hydrogens is 299 g/mol. The number of anilines is 1. The standard InChI is InChI=1S/C10H13BrCl2N2/c1-15(2)6-5-14-8-4-3-7(11)9(12)10(8)13/h3-4,14H,5-6H2,1-2H3. The highest BCUT2D eigenvalue weighted by molar-refractivity contribution is 9.10. The largest absolute Gasteiger partial charge is 0.383 e. The van der Waals surface area contributed by atoms with Crippen molar-refractivity contribution in [2.75, 3.05) is 32.5 Å². The van der Waals surface area contributed by atoms with Gasteiger partial charge in [0.15, 0.2) is 0 Å². The van der Waals surface area contributed by atoms with E-state index in [1.807, 2.05) is 26.2 Å². The van der Waals surface area contributed by atoms with Gasteiger partial charge in [0.2, 0.25) is 0 Å². The summed E-state index contributed by atoms with van der Waals surface area (Å²) in [6.45, 7) is 1.79. The fourth-order valence-corrected chi connectivity index (χ4v) is 1.92. The molecule has 5 heteroatoms. The predicted octanol–water partition coefficient (Wildman–Crippen LogP) is 3.73. The van der Waals surface area contributed by atoms with E-state index in [-0.39, 0.29) is 0 Å². The molecule has 0 saturated carbocycles. The van der Waals surface area contributed by atoms with Gasteiger partial charge in [-0.2, -0.15) is 0 Å². The van der Waals surface area contributed by atoms with E-state index in [9.17, 15) is 0 Å². The lowest BCUT2D eigenvalue weighted by atomic mass is 10.3. The highest BCUT2D eigenvalue weighted by Gasteiger charge is 2.07. The van der Waals surface area contributed by atoms with E-state index in [0.717, 1.165) is 23.2 Å². The predicted molar refractivity (Wildman–Crippen MR) is 71.2 cm³/mol. The van der Waals surface area contributed by atoms with Gasteiger partial charge in [0.25, 0.3) is 0 Å². The Hall–Kier alpha value is 0.0400. The van der Waals surface area contributed by atoms with Crippen LogP contribution in [0.2, 0.25) is 10.0 Å². The van der Waals surface area contributed by atoms with Crippen LogP contribution in [0.1, 0.15) is 0 Å². The van der Waals surface area contributed by atoms with Gasteiger partial charge in [0.05, 0.1) is 15.7 Å². The van der Waals surface area contributed by atoms with Gasteiger partial charge >= 0.3 is 0 Å². The first-order chi connectivity index (χ1) is 7.02. The molecule has 1 rings (SSSR count). The van der Waals surface area contributed by atoms with Gasteiger partial charge < -0.3 is 10.2 Å². The van der Waals surface area contributed by atoms with Gasteiger partial charge in [0, 0.05) is 17.6 Å². The average Bonchev–Trinajstić information content (AvgIpc) is 2.18. The number of hydrogen-bond donors (Lipinski definition) is 1. The van der Waals surface area contributed by atoms with E-state index in [0.29, 0.717) is 10.0 Å². The zero-order valence-electron chi connectivity index (χ0n) is 8.65. The van der Waals surface area contributed by atoms with Crippen LogP contribution in [-0.4, -0.2) is 32.1 Å². The van der Waals surface area contributed by atoms with Crippen molar-refractivity contribution in [3.8, 4) is 0 Å². The number of benzene rings is 1. The first kappa shape index (κ1) is 13.1. The SMILES string of the molecule is CN(C)CCNc1ccc(Br)c(Cl)c1Cl. The van der Waals surface area contributed by atoms with E-state index in [2.05, 4.69) is 26.1 Å². The number of likely N-dealkylation sites (N-methyl/N-ethyl adjacent to an activating group) is 1. The summed E-state index contributed by atoms with van der Waals surface area (Å²) in [5, 5.41) is 4.34. The summed E-state index contributed by atoms with van der Waals surface area (Å²) in [5.74, 6) is 0. The molecule has 0 bridgehead atoms. The van der Waals surface area contributed by atoms with Crippen molar-refractivity contribution in [2.24, 2.45) is 0 Å². The molecule has 2 nitrogen and oxygen atoms in total. The average molecular weight is 312 g/mol. The van der Waals surface area contributed by atoms with Gasteiger partial charge in [-0.3, -0.25) is 0 Å². The lowest BCUT2D eigenvalue weighted by Gasteiger charge is -2.13. The van der Waals surface area contributed by atoms with Crippen LogP contribution in [-0.2, 0) is 0 Å². The molecule has 15 heavy (non-hydrogen) atoms. The number of rotatable bonds is 4. The summed E-state index contributed by atoms with van der Waals surface area (Å²) < 4.78 is 0.812. The molecule has 84 valence electrons. The minimum Gasteiger partial charge on any atom is -0.383 e. The van der Waals surface area contributed by atoms with E-state index in [1.165, 1.54) is 0 Å². The molecule has 0 aliphatic carbocycles. The first-order valence-electron chi connectivity index (χ1n) is 4.54. The Balaban J connectivity index is 2.66. The number of halogens is 3. The Morgan fingerprint density at radius 2 is 1.93 bits per heavy atom. The summed E-state index contributed by atoms with van der Waals surface area (Å²) in [5.41, 5.74) is 0.867. The fraction of sp³-hybridized carbons (Fsp3) is 0.400. The van der Waals surface area contributed by atoms with Crippen molar-refractivity contribution in [2.45, 2.75) is 0 Å². The smallest absolute Gasteiger partial charge is 0.0835 e. The third-order valence-corrected chi connectivity index (χ3v) is 3.68. The molecular formula is C10H13BrCl2N2. The molecule has 1 aromatic carbocycles. The summed E-state index contributed by atoms with van der Waals surface area (Å²) in [6, 6.07) is 3.79. The van der Waals surface area contributed by atoms with Gasteiger partial charge in [-0.05, 0) is 42.2 Å². The van der Waals surface area contributed by atoms with Gasteiger partial charge in [0.1, 0.15) is 0 Å². The monoisotopic (exact) mass is 310 g/mol. The van der Waals surface area contributed by atoms with Crippen molar-refractivity contribution >= 4 is 44.8 Å². The Kier molecular flexibility index (Phi) is 5.19. The molecule has 0 unspecified atom stereocenters. The normalized spacial score (nSPS) is 10.8. The lowest BCUT2D eigenvalue weighted by Crippen LogP contribution is -2.20. The molecule has 0 fully saturated rings. The van der Waals surface area contributed by atoms with Crippen LogP contribution in [0.25, 0.3) is 0 Å². The van der Waals surface area contributed by atoms with Crippen molar-refractivity contribution in [3.05, 3.63) is 26.7 Å². The minimum atomic E-state index is 0.548. The van der Waals surface area contributed by atoms with Crippen LogP contribution >= 0.6 is 39.1 Å². The maximum Gasteiger partial charge on any atom is 0.0835 e. The molecule has 0 aromatic heterocycles. The topological polar surface area (TPSA) is 15.3 Å². The van der Waals surface area contributed by atoms with Gasteiger partial charge in [-0.1, -0.05) is 23.2 Å². The van der Waals surface area contributed by atoms with Crippen LogP contribution < -0.4 is 5.32 Å². The first-order valence-corrected chi connectivity index (χ1v) is 6.09. The molecule has 0 aliphatic heterocycles. The maximum absolute atomic E-state index is 6.08. The van der Waals surface area contributed by atoms with Crippen LogP contribution in [0, 0.1) is 0 Å². The minimum absolute atomic E-state index is 0.548. The van der Waals surface area contributed by atoms with Crippen molar-refractivity contribution < 1.29 is 0 Å². The van der Waals surface area contributed by atoms with Crippen molar-refractivity contribution in [1.29, 1.82) is 0 Å². The molecule has 0 aliphatic rings. The van der Waals surface area contributed by atoms with Gasteiger partial charge in [-0.15, -0.1) is 0 Å². The third-order valence-electron chi connectivity index (χ3n) is 1.91. The third kappa shape index (κ3) is 3.83. The fourth-order valence-electron chi connectivity index (χ4n) is 1.08. The zero-order valence-corrected chi connectivity index (χ0v) is 11.7. The lowest BCUT2D eigenvalue weighted by molar-refractivity contribution is 0.425. The van der Waals surface area contributed by atoms with E-state index >= 15 is 0 Å². The summed E-state index contributed by atoms with van der Waals surface area (Å²) in [7, 11) is 4.05. The second-order valence-electron chi connectivity index (χ2n) is 3.45. The van der Waals surface area contributed by atoms with Crippen LogP contribution in [0.3, 0.4) is 0 Å². The van der Waals surface area contributed by atoms with E-state index in [1.54, 1.807) is 0 Å². The zero-order chi connectivity index (χ0) is 11.4. The summed E-state index contributed by atoms with van der Waals surface area (Å²) in [6.07, 6.45) is 0. The Labute approximate surface area is 109 Å². The van der Waals surface area contributed by atoms with Crippen LogP contribution in [0.15, 0.2) is 16.6 Å². The second-order valence-corrected chi connectivity index (χ2v) is 5.06. The summed E-state index contributed by atoms with van der Waals surface area (Å²) >= 11 is 15.4. The molecule has 0 saturated heterocycles. The number of hydrogen-bond acceptors (Lipinski definition) is 2. The van der Waals surface area contributed by atoms with Crippen molar-refractivity contribution in [3.63, 3.8) is 0 Å². The molecule has 0 atom stereocenters. The Morgan fingerprint density at radius 1 is 1.27 bits per heavy atom. The number of nitrogens with one attached hydrogen (secondary N) is 1. The van der Waals surface area contributed by atoms with E-state index < -0.39 is 0 Å². The Bertz CT molecular complexity index is 342. The maximum atomic E-state index is 6.08. The van der Waals surface area contributed by atoms with Crippen molar-refractivity contribution in [1.82, 2.24) is 4.90 Å². The van der Waals surface area contributed by atoms with Crippen LogP contribution in [0.5, 0.6) is 0 Å². The molecule has 0 heterocycles. The summed E-state index contributed by atoms with van der Waals surface area (Å²) in [4.78, 5) is 2.10. The molecule has 0 radical (unpaired) electrons. The number of nitrogens with zero attached hydrogens (tertiary/aromatic N) is 1. The highest BCUT2D eigenvalue weighted by Crippen LogP contribution is 2.35. The molecule has 1 aromatic rings. The second kappa shape index (κ2) is 5.94. The molecule has 1 N–H and O–H groups in total. The quantitative estimate of drug-likeness (QED) is 0.852. The van der Waals surface area contributed by atoms with E-state index in [4.69, 9.17) is 23.2 Å². The molecule has 0 spiro atoms.